The van der Waals surface area contributed by atoms with Gasteiger partial charge in [0.05, 0.1) is 6.54 Å². The van der Waals surface area contributed by atoms with Gasteiger partial charge in [-0.3, -0.25) is 9.59 Å². The lowest BCUT2D eigenvalue weighted by molar-refractivity contribution is -0.132. The van der Waals surface area contributed by atoms with Crippen LogP contribution in [0.2, 0.25) is 0 Å². The first-order chi connectivity index (χ1) is 8.30. The van der Waals surface area contributed by atoms with Crippen molar-refractivity contribution in [3.8, 4) is 0 Å². The Kier molecular flexibility index (Phi) is 7.01. The van der Waals surface area contributed by atoms with E-state index < -0.39 is 0 Å². The molecule has 4 nitrogen and oxygen atoms in total. The van der Waals surface area contributed by atoms with Gasteiger partial charge in [-0.25, -0.2) is 0 Å². The Hall–Kier alpha value is -1.58. The third-order valence-corrected chi connectivity index (χ3v) is 2.08. The molecule has 0 aliphatic rings. The molecule has 0 spiro atoms. The van der Waals surface area contributed by atoms with E-state index in [0.717, 1.165) is 0 Å². The van der Waals surface area contributed by atoms with Crippen molar-refractivity contribution < 1.29 is 9.59 Å². The predicted octanol–water partition coefficient (Wildman–Crippen LogP) is 1.88. The molecule has 0 saturated heterocycles. The number of hydrogen-bond acceptors (Lipinski definition) is 2. The molecule has 4 heteroatoms. The minimum Gasteiger partial charge on any atom is -0.350 e. The van der Waals surface area contributed by atoms with Crippen molar-refractivity contribution >= 4 is 11.8 Å². The summed E-state index contributed by atoms with van der Waals surface area (Å²) in [5, 5.41) is 2.84. The van der Waals surface area contributed by atoms with Gasteiger partial charge in [0, 0.05) is 18.2 Å². The fraction of sp³-hybridized carbons (Fsp3) is 0.571. The third-order valence-electron chi connectivity index (χ3n) is 2.08. The van der Waals surface area contributed by atoms with Crippen LogP contribution < -0.4 is 5.32 Å². The maximum absolute atomic E-state index is 11.8. The molecule has 0 rings (SSSR count). The van der Waals surface area contributed by atoms with Gasteiger partial charge in [-0.15, -0.1) is 0 Å². The Balaban J connectivity index is 4.43. The second-order valence-electron chi connectivity index (χ2n) is 5.04. The summed E-state index contributed by atoms with van der Waals surface area (Å²) in [5.41, 5.74) is -0.277. The van der Waals surface area contributed by atoms with E-state index in [-0.39, 0.29) is 23.9 Å². The van der Waals surface area contributed by atoms with Crippen molar-refractivity contribution in [2.24, 2.45) is 0 Å². The van der Waals surface area contributed by atoms with Crippen molar-refractivity contribution in [2.75, 3.05) is 13.1 Å². The summed E-state index contributed by atoms with van der Waals surface area (Å²) in [6.07, 6.45) is 6.76. The minimum absolute atomic E-state index is 0.0901. The lowest BCUT2D eigenvalue weighted by atomic mass is 10.1. The molecule has 0 aromatic rings. The number of likely N-dealkylation sites (N-methyl/N-ethyl adjacent to an activating group) is 1. The van der Waals surface area contributed by atoms with Crippen molar-refractivity contribution in [3.63, 3.8) is 0 Å². The van der Waals surface area contributed by atoms with Gasteiger partial charge in [0.2, 0.25) is 11.8 Å². The molecule has 0 aliphatic heterocycles. The molecule has 0 fully saturated rings. The molecule has 0 radical (unpaired) electrons. The van der Waals surface area contributed by atoms with E-state index in [1.807, 2.05) is 40.7 Å². The summed E-state index contributed by atoms with van der Waals surface area (Å²) in [7, 11) is 0. The Labute approximate surface area is 110 Å². The SMILES string of the molecule is C/C=C/C=C/C(=O)N(CC)CC(=O)NC(C)(C)C. The number of rotatable bonds is 5. The van der Waals surface area contributed by atoms with Crippen LogP contribution in [0.3, 0.4) is 0 Å². The summed E-state index contributed by atoms with van der Waals surface area (Å²) < 4.78 is 0. The Bertz CT molecular complexity index is 338. The molecule has 0 unspecified atom stereocenters. The van der Waals surface area contributed by atoms with Crippen LogP contribution in [0, 0.1) is 0 Å². The molecule has 0 aliphatic carbocycles. The van der Waals surface area contributed by atoms with Crippen LogP contribution in [0.25, 0.3) is 0 Å². The van der Waals surface area contributed by atoms with Crippen LogP contribution in [0.1, 0.15) is 34.6 Å². The number of nitrogens with zero attached hydrogens (tertiary/aromatic N) is 1. The van der Waals surface area contributed by atoms with Crippen molar-refractivity contribution in [3.05, 3.63) is 24.3 Å². The molecule has 0 saturated carbocycles. The smallest absolute Gasteiger partial charge is 0.247 e. The molecule has 102 valence electrons. The summed E-state index contributed by atoms with van der Waals surface area (Å²) in [6, 6.07) is 0. The van der Waals surface area contributed by atoms with Gasteiger partial charge in [0.25, 0.3) is 0 Å². The van der Waals surface area contributed by atoms with E-state index in [1.165, 1.54) is 11.0 Å². The largest absolute Gasteiger partial charge is 0.350 e. The zero-order valence-corrected chi connectivity index (χ0v) is 12.0. The van der Waals surface area contributed by atoms with Crippen LogP contribution in [-0.4, -0.2) is 35.3 Å². The number of carbonyl (C=O) groups is 2. The normalized spacial score (nSPS) is 12.1. The Morgan fingerprint density at radius 2 is 1.83 bits per heavy atom. The topological polar surface area (TPSA) is 49.4 Å². The van der Waals surface area contributed by atoms with Crippen LogP contribution in [0.4, 0.5) is 0 Å². The standard InChI is InChI=1S/C14H24N2O2/c1-6-8-9-10-13(18)16(7-2)11-12(17)15-14(3,4)5/h6,8-10H,7,11H2,1-5H3,(H,15,17)/b8-6+,10-9+. The first-order valence-corrected chi connectivity index (χ1v) is 6.19. The summed E-state index contributed by atoms with van der Waals surface area (Å²) >= 11 is 0. The third kappa shape index (κ3) is 7.65. The minimum atomic E-state index is -0.277. The Morgan fingerprint density at radius 1 is 1.22 bits per heavy atom. The number of hydrogen-bond donors (Lipinski definition) is 1. The van der Waals surface area contributed by atoms with Crippen molar-refractivity contribution in [2.45, 2.75) is 40.2 Å². The zero-order chi connectivity index (χ0) is 14.2. The van der Waals surface area contributed by atoms with Crippen LogP contribution >= 0.6 is 0 Å². The fourth-order valence-corrected chi connectivity index (χ4v) is 1.33. The van der Waals surface area contributed by atoms with E-state index >= 15 is 0 Å². The quantitative estimate of drug-likeness (QED) is 0.600. The van der Waals surface area contributed by atoms with Crippen LogP contribution in [0.15, 0.2) is 24.3 Å². The Morgan fingerprint density at radius 3 is 2.28 bits per heavy atom. The van der Waals surface area contributed by atoms with Crippen molar-refractivity contribution in [1.82, 2.24) is 10.2 Å². The van der Waals surface area contributed by atoms with E-state index in [4.69, 9.17) is 0 Å². The van der Waals surface area contributed by atoms with Gasteiger partial charge in [0.1, 0.15) is 0 Å². The number of allylic oxidation sites excluding steroid dienone is 3. The number of carbonyl (C=O) groups excluding carboxylic acids is 2. The number of nitrogens with one attached hydrogen (secondary N) is 1. The fourth-order valence-electron chi connectivity index (χ4n) is 1.33. The lowest BCUT2D eigenvalue weighted by Gasteiger charge is -2.24. The first-order valence-electron chi connectivity index (χ1n) is 6.19. The molecule has 0 aromatic heterocycles. The first kappa shape index (κ1) is 16.4. The van der Waals surface area contributed by atoms with Gasteiger partial charge in [-0.1, -0.05) is 18.2 Å². The maximum atomic E-state index is 11.8. The average molecular weight is 252 g/mol. The predicted molar refractivity (Wildman–Crippen MR) is 74.1 cm³/mol. The van der Waals surface area contributed by atoms with Crippen molar-refractivity contribution in [1.29, 1.82) is 0 Å². The molecule has 0 bridgehead atoms. The van der Waals surface area contributed by atoms with Gasteiger partial charge in [-0.2, -0.15) is 0 Å². The van der Waals surface area contributed by atoms with Gasteiger partial charge < -0.3 is 10.2 Å². The molecule has 18 heavy (non-hydrogen) atoms. The second-order valence-corrected chi connectivity index (χ2v) is 5.04. The highest BCUT2D eigenvalue weighted by molar-refractivity contribution is 5.91. The molecule has 0 heterocycles. The molecule has 2 amide bonds. The highest BCUT2D eigenvalue weighted by Crippen LogP contribution is 1.99. The van der Waals surface area contributed by atoms with Gasteiger partial charge >= 0.3 is 0 Å². The summed E-state index contributed by atoms with van der Waals surface area (Å²) in [5.74, 6) is -0.295. The van der Waals surface area contributed by atoms with E-state index in [9.17, 15) is 9.59 Å². The highest BCUT2D eigenvalue weighted by atomic mass is 16.2. The number of amides is 2. The summed E-state index contributed by atoms with van der Waals surface area (Å²) in [4.78, 5) is 25.0. The van der Waals surface area contributed by atoms with Crippen LogP contribution in [0.5, 0.6) is 0 Å². The maximum Gasteiger partial charge on any atom is 0.247 e. The second kappa shape index (κ2) is 7.69. The summed E-state index contributed by atoms with van der Waals surface area (Å²) in [6.45, 7) is 10.1. The van der Waals surface area contributed by atoms with E-state index in [1.54, 1.807) is 12.2 Å². The van der Waals surface area contributed by atoms with E-state index in [2.05, 4.69) is 5.32 Å². The highest BCUT2D eigenvalue weighted by Gasteiger charge is 2.17. The average Bonchev–Trinajstić information content (AvgIpc) is 2.23. The molecular formula is C14H24N2O2. The van der Waals surface area contributed by atoms with Gasteiger partial charge in [0.15, 0.2) is 0 Å². The van der Waals surface area contributed by atoms with Crippen LogP contribution in [-0.2, 0) is 9.59 Å². The monoisotopic (exact) mass is 252 g/mol. The van der Waals surface area contributed by atoms with E-state index in [0.29, 0.717) is 6.54 Å². The lowest BCUT2D eigenvalue weighted by Crippen LogP contribution is -2.47. The van der Waals surface area contributed by atoms with Gasteiger partial charge in [-0.05, 0) is 34.6 Å². The molecular weight excluding hydrogens is 228 g/mol. The molecule has 0 aromatic carbocycles. The molecule has 0 atom stereocenters. The molecule has 1 N–H and O–H groups in total. The zero-order valence-electron chi connectivity index (χ0n) is 12.0.